The molecule has 0 aliphatic heterocycles. The van der Waals surface area contributed by atoms with Crippen LogP contribution in [0.2, 0.25) is 0 Å². The Morgan fingerprint density at radius 1 is 1.29 bits per heavy atom. The van der Waals surface area contributed by atoms with Gasteiger partial charge in [0, 0.05) is 0 Å². The van der Waals surface area contributed by atoms with E-state index in [4.69, 9.17) is 4.74 Å². The molecule has 0 amide bonds. The standard InChI is InChI=1S/C15H25NO/c1-6-15(2,10-11-16(3)4)13-8-7-9-14(12-13)17-5/h7-9,12H,6,10-11H2,1-5H3. The first-order chi connectivity index (χ1) is 8.01. The molecule has 2 nitrogen and oxygen atoms in total. The molecule has 1 unspecified atom stereocenters. The van der Waals surface area contributed by atoms with Crippen molar-refractivity contribution in [2.45, 2.75) is 32.1 Å². The number of nitrogens with zero attached hydrogens (tertiary/aromatic N) is 1. The third-order valence-electron chi connectivity index (χ3n) is 3.66. The fourth-order valence-corrected chi connectivity index (χ4v) is 1.99. The summed E-state index contributed by atoms with van der Waals surface area (Å²) < 4.78 is 5.31. The predicted octanol–water partition coefficient (Wildman–Crippen LogP) is 3.31. The lowest BCUT2D eigenvalue weighted by atomic mass is 9.77. The van der Waals surface area contributed by atoms with Gasteiger partial charge in [-0.1, -0.05) is 26.0 Å². The third-order valence-corrected chi connectivity index (χ3v) is 3.66. The summed E-state index contributed by atoms with van der Waals surface area (Å²) >= 11 is 0. The van der Waals surface area contributed by atoms with Crippen LogP contribution >= 0.6 is 0 Å². The number of hydrogen-bond acceptors (Lipinski definition) is 2. The van der Waals surface area contributed by atoms with E-state index in [1.54, 1.807) is 7.11 Å². The van der Waals surface area contributed by atoms with Crippen LogP contribution in [0, 0.1) is 0 Å². The minimum atomic E-state index is 0.235. The summed E-state index contributed by atoms with van der Waals surface area (Å²) in [6.07, 6.45) is 2.32. The molecule has 0 saturated carbocycles. The van der Waals surface area contributed by atoms with Gasteiger partial charge in [0.1, 0.15) is 5.75 Å². The van der Waals surface area contributed by atoms with E-state index in [9.17, 15) is 0 Å². The normalized spacial score (nSPS) is 14.7. The molecular weight excluding hydrogens is 210 g/mol. The Labute approximate surface area is 106 Å². The average Bonchev–Trinajstić information content (AvgIpc) is 2.36. The summed E-state index contributed by atoms with van der Waals surface area (Å²) in [6, 6.07) is 8.46. The molecule has 0 bridgehead atoms. The van der Waals surface area contributed by atoms with Crippen LogP contribution in [0.4, 0.5) is 0 Å². The maximum Gasteiger partial charge on any atom is 0.119 e. The Bertz CT molecular complexity index is 349. The van der Waals surface area contributed by atoms with Crippen LogP contribution in [0.3, 0.4) is 0 Å². The van der Waals surface area contributed by atoms with Crippen molar-refractivity contribution < 1.29 is 4.74 Å². The second-order valence-corrected chi connectivity index (χ2v) is 5.20. The van der Waals surface area contributed by atoms with Crippen LogP contribution < -0.4 is 4.74 Å². The number of methoxy groups -OCH3 is 1. The highest BCUT2D eigenvalue weighted by Crippen LogP contribution is 2.33. The highest BCUT2D eigenvalue weighted by atomic mass is 16.5. The summed E-state index contributed by atoms with van der Waals surface area (Å²) in [7, 11) is 5.98. The summed E-state index contributed by atoms with van der Waals surface area (Å²) in [5.74, 6) is 0.951. The summed E-state index contributed by atoms with van der Waals surface area (Å²) in [6.45, 7) is 5.71. The van der Waals surface area contributed by atoms with E-state index >= 15 is 0 Å². The van der Waals surface area contributed by atoms with Gasteiger partial charge in [0.25, 0.3) is 0 Å². The van der Waals surface area contributed by atoms with Gasteiger partial charge in [-0.3, -0.25) is 0 Å². The fourth-order valence-electron chi connectivity index (χ4n) is 1.99. The molecule has 0 saturated heterocycles. The van der Waals surface area contributed by atoms with Gasteiger partial charge in [-0.05, 0) is 56.6 Å². The monoisotopic (exact) mass is 235 g/mol. The molecule has 0 spiro atoms. The zero-order valence-corrected chi connectivity index (χ0v) is 11.8. The molecule has 0 fully saturated rings. The minimum absolute atomic E-state index is 0.235. The maximum atomic E-state index is 5.31. The van der Waals surface area contributed by atoms with E-state index in [0.717, 1.165) is 18.7 Å². The number of ether oxygens (including phenoxy) is 1. The first-order valence-electron chi connectivity index (χ1n) is 6.31. The van der Waals surface area contributed by atoms with Crippen LogP contribution in [0.5, 0.6) is 5.75 Å². The number of rotatable bonds is 6. The molecule has 1 aromatic rings. The largest absolute Gasteiger partial charge is 0.497 e. The Kier molecular flexibility index (Phi) is 5.01. The molecule has 17 heavy (non-hydrogen) atoms. The zero-order chi connectivity index (χ0) is 12.9. The van der Waals surface area contributed by atoms with Gasteiger partial charge < -0.3 is 9.64 Å². The van der Waals surface area contributed by atoms with Crippen molar-refractivity contribution in [2.75, 3.05) is 27.7 Å². The molecule has 0 aromatic heterocycles. The quantitative estimate of drug-likeness (QED) is 0.750. The van der Waals surface area contributed by atoms with Crippen molar-refractivity contribution in [3.8, 4) is 5.75 Å². The SMILES string of the molecule is CCC(C)(CCN(C)C)c1cccc(OC)c1. The topological polar surface area (TPSA) is 12.5 Å². The van der Waals surface area contributed by atoms with E-state index in [-0.39, 0.29) is 5.41 Å². The predicted molar refractivity (Wildman–Crippen MR) is 73.8 cm³/mol. The maximum absolute atomic E-state index is 5.31. The van der Waals surface area contributed by atoms with Crippen LogP contribution in [-0.4, -0.2) is 32.6 Å². The first-order valence-corrected chi connectivity index (χ1v) is 6.31. The van der Waals surface area contributed by atoms with Gasteiger partial charge in [0.2, 0.25) is 0 Å². The Hall–Kier alpha value is -1.02. The highest BCUT2D eigenvalue weighted by molar-refractivity contribution is 5.33. The molecule has 2 heteroatoms. The van der Waals surface area contributed by atoms with E-state index in [1.807, 2.05) is 6.07 Å². The van der Waals surface area contributed by atoms with Crippen molar-refractivity contribution >= 4 is 0 Å². The van der Waals surface area contributed by atoms with Crippen molar-refractivity contribution in [3.05, 3.63) is 29.8 Å². The Morgan fingerprint density at radius 2 is 2.00 bits per heavy atom. The van der Waals surface area contributed by atoms with Gasteiger partial charge in [-0.2, -0.15) is 0 Å². The second-order valence-electron chi connectivity index (χ2n) is 5.20. The van der Waals surface area contributed by atoms with Gasteiger partial charge in [-0.25, -0.2) is 0 Å². The third kappa shape index (κ3) is 3.74. The minimum Gasteiger partial charge on any atom is -0.497 e. The van der Waals surface area contributed by atoms with E-state index in [1.165, 1.54) is 12.0 Å². The molecule has 1 aromatic carbocycles. The van der Waals surface area contributed by atoms with E-state index in [2.05, 4.69) is 51.0 Å². The Morgan fingerprint density at radius 3 is 2.53 bits per heavy atom. The lowest BCUT2D eigenvalue weighted by Gasteiger charge is -2.30. The van der Waals surface area contributed by atoms with Gasteiger partial charge in [-0.15, -0.1) is 0 Å². The molecular formula is C15H25NO. The number of hydrogen-bond donors (Lipinski definition) is 0. The first kappa shape index (κ1) is 14.0. The van der Waals surface area contributed by atoms with Crippen LogP contribution in [0.1, 0.15) is 32.3 Å². The van der Waals surface area contributed by atoms with Crippen LogP contribution in [0.25, 0.3) is 0 Å². The van der Waals surface area contributed by atoms with Crippen LogP contribution in [0.15, 0.2) is 24.3 Å². The van der Waals surface area contributed by atoms with Gasteiger partial charge >= 0.3 is 0 Å². The Balaban J connectivity index is 2.90. The molecule has 1 rings (SSSR count). The molecule has 0 aliphatic carbocycles. The van der Waals surface area contributed by atoms with E-state index in [0.29, 0.717) is 0 Å². The van der Waals surface area contributed by atoms with E-state index < -0.39 is 0 Å². The lowest BCUT2D eigenvalue weighted by Crippen LogP contribution is -2.27. The second kappa shape index (κ2) is 6.06. The van der Waals surface area contributed by atoms with Crippen LogP contribution in [-0.2, 0) is 5.41 Å². The smallest absolute Gasteiger partial charge is 0.119 e. The number of benzene rings is 1. The fraction of sp³-hybridized carbons (Fsp3) is 0.600. The van der Waals surface area contributed by atoms with Gasteiger partial charge in [0.15, 0.2) is 0 Å². The molecule has 96 valence electrons. The van der Waals surface area contributed by atoms with Crippen molar-refractivity contribution in [1.29, 1.82) is 0 Å². The van der Waals surface area contributed by atoms with Crippen molar-refractivity contribution in [2.24, 2.45) is 0 Å². The molecule has 0 heterocycles. The van der Waals surface area contributed by atoms with Gasteiger partial charge in [0.05, 0.1) is 7.11 Å². The lowest BCUT2D eigenvalue weighted by molar-refractivity contribution is 0.320. The summed E-state index contributed by atoms with van der Waals surface area (Å²) in [4.78, 5) is 2.24. The molecule has 1 atom stereocenters. The zero-order valence-electron chi connectivity index (χ0n) is 11.8. The molecule has 0 aliphatic rings. The molecule has 0 radical (unpaired) electrons. The van der Waals surface area contributed by atoms with Crippen molar-refractivity contribution in [1.82, 2.24) is 4.90 Å². The molecule has 0 N–H and O–H groups in total. The summed E-state index contributed by atoms with van der Waals surface area (Å²) in [5, 5.41) is 0. The summed E-state index contributed by atoms with van der Waals surface area (Å²) in [5.41, 5.74) is 1.61. The average molecular weight is 235 g/mol. The highest BCUT2D eigenvalue weighted by Gasteiger charge is 2.24. The van der Waals surface area contributed by atoms with Crippen molar-refractivity contribution in [3.63, 3.8) is 0 Å².